The van der Waals surface area contributed by atoms with E-state index in [4.69, 9.17) is 0 Å². The van der Waals surface area contributed by atoms with E-state index in [0.29, 0.717) is 0 Å². The molecule has 0 amide bonds. The van der Waals surface area contributed by atoms with Gasteiger partial charge in [-0.05, 0) is 17.2 Å². The summed E-state index contributed by atoms with van der Waals surface area (Å²) in [6, 6.07) is 23.3. The number of rotatable bonds is 3. The summed E-state index contributed by atoms with van der Waals surface area (Å²) in [6.45, 7) is 0. The van der Waals surface area contributed by atoms with Gasteiger partial charge in [-0.25, -0.2) is 4.98 Å². The Morgan fingerprint density at radius 3 is 2.14 bits per heavy atom. The molecule has 0 radical (unpaired) electrons. The average Bonchev–Trinajstić information content (AvgIpc) is 3.26. The van der Waals surface area contributed by atoms with Gasteiger partial charge in [0, 0.05) is 22.8 Å². The predicted octanol–water partition coefficient (Wildman–Crippen LogP) is 5.47. The van der Waals surface area contributed by atoms with Crippen molar-refractivity contribution >= 4 is 11.3 Å². The van der Waals surface area contributed by atoms with Gasteiger partial charge in [-0.1, -0.05) is 60.7 Å². The largest absolute Gasteiger partial charge is 0.344 e. The average molecular weight is 302 g/mol. The fourth-order valence-corrected chi connectivity index (χ4v) is 3.69. The molecule has 0 saturated carbocycles. The van der Waals surface area contributed by atoms with E-state index in [9.17, 15) is 0 Å². The van der Waals surface area contributed by atoms with Crippen LogP contribution in [0.15, 0.2) is 79.1 Å². The quantitative estimate of drug-likeness (QED) is 0.534. The van der Waals surface area contributed by atoms with E-state index in [2.05, 4.69) is 64.6 Å². The van der Waals surface area contributed by atoms with Crippen LogP contribution in [0.4, 0.5) is 0 Å². The summed E-state index contributed by atoms with van der Waals surface area (Å²) in [5.41, 5.74) is 3.72. The second-order valence-electron chi connectivity index (χ2n) is 5.02. The molecule has 0 aliphatic heterocycles. The molecule has 3 heteroatoms. The van der Waals surface area contributed by atoms with Gasteiger partial charge in [0.05, 0.1) is 4.88 Å². The van der Waals surface area contributed by atoms with Crippen molar-refractivity contribution in [2.24, 2.45) is 0 Å². The zero-order chi connectivity index (χ0) is 14.8. The summed E-state index contributed by atoms with van der Waals surface area (Å²) in [7, 11) is 0. The normalized spacial score (nSPS) is 10.7. The Hall–Kier alpha value is -2.65. The van der Waals surface area contributed by atoms with Crippen LogP contribution in [0, 0.1) is 0 Å². The maximum atomic E-state index is 4.38. The molecule has 4 rings (SSSR count). The van der Waals surface area contributed by atoms with E-state index < -0.39 is 0 Å². The van der Waals surface area contributed by atoms with Gasteiger partial charge >= 0.3 is 0 Å². The molecule has 2 nitrogen and oxygen atoms in total. The van der Waals surface area contributed by atoms with Crippen molar-refractivity contribution < 1.29 is 0 Å². The van der Waals surface area contributed by atoms with Crippen molar-refractivity contribution in [2.45, 2.75) is 0 Å². The molecule has 2 aromatic heterocycles. The number of hydrogen-bond donors (Lipinski definition) is 1. The minimum Gasteiger partial charge on any atom is -0.344 e. The highest BCUT2D eigenvalue weighted by Gasteiger charge is 2.14. The topological polar surface area (TPSA) is 28.7 Å². The lowest BCUT2D eigenvalue weighted by Crippen LogP contribution is -1.78. The number of H-pyrrole nitrogens is 1. The fourth-order valence-electron chi connectivity index (χ4n) is 2.54. The standard InChI is InChI=1S/C19H14N2S/c1-3-7-14(8-4-1)16-13-17(19-20-11-12-21-19)22-18(16)15-9-5-2-6-10-15/h1-13H,(H,20,21). The number of aromatic amines is 1. The summed E-state index contributed by atoms with van der Waals surface area (Å²) in [5.74, 6) is 0.921. The number of imidazole rings is 1. The zero-order valence-electron chi connectivity index (χ0n) is 11.9. The highest BCUT2D eigenvalue weighted by molar-refractivity contribution is 7.19. The van der Waals surface area contributed by atoms with Crippen molar-refractivity contribution in [3.05, 3.63) is 79.1 Å². The zero-order valence-corrected chi connectivity index (χ0v) is 12.7. The SMILES string of the molecule is c1ccc(-c2cc(-c3ncc[nH]3)sc2-c2ccccc2)cc1. The second kappa shape index (κ2) is 5.62. The van der Waals surface area contributed by atoms with Crippen molar-refractivity contribution in [1.82, 2.24) is 9.97 Å². The van der Waals surface area contributed by atoms with Crippen LogP contribution >= 0.6 is 11.3 Å². The van der Waals surface area contributed by atoms with Crippen molar-refractivity contribution in [3.8, 4) is 32.3 Å². The molecule has 22 heavy (non-hydrogen) atoms. The molecule has 0 spiro atoms. The number of nitrogens with one attached hydrogen (secondary N) is 1. The van der Waals surface area contributed by atoms with Crippen molar-refractivity contribution in [2.75, 3.05) is 0 Å². The van der Waals surface area contributed by atoms with Crippen LogP contribution < -0.4 is 0 Å². The van der Waals surface area contributed by atoms with Gasteiger partial charge in [0.15, 0.2) is 0 Å². The molecule has 0 atom stereocenters. The highest BCUT2D eigenvalue weighted by Crippen LogP contribution is 2.42. The molecular formula is C19H14N2S. The monoisotopic (exact) mass is 302 g/mol. The minimum atomic E-state index is 0.921. The van der Waals surface area contributed by atoms with E-state index in [-0.39, 0.29) is 0 Å². The van der Waals surface area contributed by atoms with Gasteiger partial charge in [-0.15, -0.1) is 11.3 Å². The Morgan fingerprint density at radius 1 is 0.818 bits per heavy atom. The van der Waals surface area contributed by atoms with Crippen LogP contribution in [0.2, 0.25) is 0 Å². The molecule has 2 heterocycles. The lowest BCUT2D eigenvalue weighted by Gasteiger charge is -2.03. The summed E-state index contributed by atoms with van der Waals surface area (Å²) in [6.07, 6.45) is 3.65. The molecule has 0 unspecified atom stereocenters. The number of aromatic nitrogens is 2. The molecule has 106 valence electrons. The predicted molar refractivity (Wildman–Crippen MR) is 92.8 cm³/mol. The number of nitrogens with zero attached hydrogens (tertiary/aromatic N) is 1. The van der Waals surface area contributed by atoms with Gasteiger partial charge in [0.1, 0.15) is 5.82 Å². The van der Waals surface area contributed by atoms with E-state index in [1.807, 2.05) is 18.3 Å². The lowest BCUT2D eigenvalue weighted by molar-refractivity contribution is 1.33. The van der Waals surface area contributed by atoms with Crippen molar-refractivity contribution in [3.63, 3.8) is 0 Å². The number of thiophene rings is 1. The Labute approximate surface area is 133 Å². The van der Waals surface area contributed by atoms with Crippen LogP contribution in [-0.2, 0) is 0 Å². The Balaban J connectivity index is 1.92. The van der Waals surface area contributed by atoms with E-state index in [0.717, 1.165) is 10.7 Å². The molecule has 0 saturated heterocycles. The first kappa shape index (κ1) is 13.0. The van der Waals surface area contributed by atoms with Gasteiger partial charge in [0.2, 0.25) is 0 Å². The second-order valence-corrected chi connectivity index (χ2v) is 6.08. The molecular weight excluding hydrogens is 288 g/mol. The first-order valence-electron chi connectivity index (χ1n) is 7.16. The van der Waals surface area contributed by atoms with E-state index >= 15 is 0 Å². The Kier molecular flexibility index (Phi) is 3.33. The van der Waals surface area contributed by atoms with Crippen LogP contribution in [0.5, 0.6) is 0 Å². The van der Waals surface area contributed by atoms with Gasteiger partial charge in [-0.2, -0.15) is 0 Å². The van der Waals surface area contributed by atoms with E-state index in [1.54, 1.807) is 17.5 Å². The Bertz CT molecular complexity index is 805. The first-order valence-corrected chi connectivity index (χ1v) is 7.98. The molecule has 1 N–H and O–H groups in total. The van der Waals surface area contributed by atoms with E-state index in [1.165, 1.54) is 21.6 Å². The van der Waals surface area contributed by atoms with Gasteiger partial charge < -0.3 is 4.98 Å². The van der Waals surface area contributed by atoms with Gasteiger partial charge in [-0.3, -0.25) is 0 Å². The molecule has 0 aliphatic carbocycles. The van der Waals surface area contributed by atoms with Crippen LogP contribution in [-0.4, -0.2) is 9.97 Å². The highest BCUT2D eigenvalue weighted by atomic mass is 32.1. The third-order valence-corrected chi connectivity index (χ3v) is 4.78. The molecule has 0 bridgehead atoms. The maximum Gasteiger partial charge on any atom is 0.147 e. The Morgan fingerprint density at radius 2 is 1.50 bits per heavy atom. The summed E-state index contributed by atoms with van der Waals surface area (Å²) >= 11 is 1.77. The van der Waals surface area contributed by atoms with Crippen LogP contribution in [0.3, 0.4) is 0 Å². The van der Waals surface area contributed by atoms with Crippen molar-refractivity contribution in [1.29, 1.82) is 0 Å². The third-order valence-electron chi connectivity index (χ3n) is 3.58. The number of hydrogen-bond acceptors (Lipinski definition) is 2. The third kappa shape index (κ3) is 2.36. The number of benzene rings is 2. The summed E-state index contributed by atoms with van der Waals surface area (Å²) in [5, 5.41) is 0. The first-order chi connectivity index (χ1) is 10.9. The maximum absolute atomic E-state index is 4.38. The molecule has 2 aromatic carbocycles. The summed E-state index contributed by atoms with van der Waals surface area (Å²) < 4.78 is 0. The lowest BCUT2D eigenvalue weighted by atomic mass is 10.0. The molecule has 4 aromatic rings. The summed E-state index contributed by atoms with van der Waals surface area (Å²) in [4.78, 5) is 10.0. The van der Waals surface area contributed by atoms with Crippen LogP contribution in [0.25, 0.3) is 32.3 Å². The minimum absolute atomic E-state index is 0.921. The van der Waals surface area contributed by atoms with Gasteiger partial charge in [0.25, 0.3) is 0 Å². The molecule has 0 fully saturated rings. The smallest absolute Gasteiger partial charge is 0.147 e. The van der Waals surface area contributed by atoms with Crippen LogP contribution in [0.1, 0.15) is 0 Å². The molecule has 0 aliphatic rings. The fraction of sp³-hybridized carbons (Fsp3) is 0.